The fourth-order valence-electron chi connectivity index (χ4n) is 2.75. The molecule has 1 atom stereocenters. The van der Waals surface area contributed by atoms with Gasteiger partial charge < -0.3 is 10.2 Å². The maximum absolute atomic E-state index is 12.5. The first-order chi connectivity index (χ1) is 10.6. The maximum Gasteiger partial charge on any atom is 0.246 e. The number of hydrogen-bond acceptors (Lipinski definition) is 2. The van der Waals surface area contributed by atoms with Crippen molar-refractivity contribution in [2.24, 2.45) is 0 Å². The van der Waals surface area contributed by atoms with Crippen LogP contribution < -0.4 is 10.2 Å². The fourth-order valence-corrected chi connectivity index (χ4v) is 3.09. The molecule has 5 heteroatoms. The minimum Gasteiger partial charge on any atom is -0.359 e. The van der Waals surface area contributed by atoms with Crippen molar-refractivity contribution in [3.8, 4) is 0 Å². The van der Waals surface area contributed by atoms with Crippen LogP contribution >= 0.6 is 23.2 Å². The van der Waals surface area contributed by atoms with Crippen LogP contribution in [0.3, 0.4) is 0 Å². The number of carbonyl (C=O) groups is 1. The Kier molecular flexibility index (Phi) is 4.27. The van der Waals surface area contributed by atoms with Crippen molar-refractivity contribution >= 4 is 40.5 Å². The second-order valence-corrected chi connectivity index (χ2v) is 6.12. The lowest BCUT2D eigenvalue weighted by molar-refractivity contribution is -0.117. The monoisotopic (exact) mass is 334 g/mol. The van der Waals surface area contributed by atoms with Crippen LogP contribution in [0.4, 0.5) is 11.4 Å². The van der Waals surface area contributed by atoms with E-state index >= 15 is 0 Å². The Morgan fingerprint density at radius 2 is 1.95 bits per heavy atom. The van der Waals surface area contributed by atoms with E-state index in [1.54, 1.807) is 18.2 Å². The summed E-state index contributed by atoms with van der Waals surface area (Å²) >= 11 is 12.1. The van der Waals surface area contributed by atoms with Gasteiger partial charge in [-0.3, -0.25) is 4.79 Å². The molecule has 1 heterocycles. The molecule has 0 unspecified atom stereocenters. The van der Waals surface area contributed by atoms with Gasteiger partial charge >= 0.3 is 0 Å². The second kappa shape index (κ2) is 6.19. The molecule has 0 spiro atoms. The van der Waals surface area contributed by atoms with Gasteiger partial charge in [-0.15, -0.1) is 0 Å². The first-order valence-corrected chi connectivity index (χ1v) is 7.93. The highest BCUT2D eigenvalue weighted by atomic mass is 35.5. The first kappa shape index (κ1) is 15.2. The summed E-state index contributed by atoms with van der Waals surface area (Å²) in [7, 11) is 0. The molecular formula is C17H16Cl2N2O. The third kappa shape index (κ3) is 2.79. The number of carbonyl (C=O) groups excluding carboxylic acids is 1. The van der Waals surface area contributed by atoms with Crippen molar-refractivity contribution in [3.05, 3.63) is 58.1 Å². The van der Waals surface area contributed by atoms with E-state index in [0.717, 1.165) is 18.7 Å². The molecule has 3 rings (SSSR count). The maximum atomic E-state index is 12.5. The smallest absolute Gasteiger partial charge is 0.246 e. The summed E-state index contributed by atoms with van der Waals surface area (Å²) in [6, 6.07) is 13.1. The average Bonchev–Trinajstić information content (AvgIpc) is 2.95. The normalized spacial score (nSPS) is 14.6. The summed E-state index contributed by atoms with van der Waals surface area (Å²) in [6.07, 6.45) is 0.964. The van der Waals surface area contributed by atoms with Gasteiger partial charge in [-0.05, 0) is 37.1 Å². The van der Waals surface area contributed by atoms with Crippen molar-refractivity contribution in [2.75, 3.05) is 16.8 Å². The minimum absolute atomic E-state index is 0.0964. The van der Waals surface area contributed by atoms with Crippen LogP contribution in [-0.2, 0) is 11.2 Å². The quantitative estimate of drug-likeness (QED) is 0.903. The van der Waals surface area contributed by atoms with Crippen LogP contribution in [0.15, 0.2) is 42.5 Å². The topological polar surface area (TPSA) is 32.3 Å². The highest BCUT2D eigenvalue weighted by molar-refractivity contribution is 6.44. The summed E-state index contributed by atoms with van der Waals surface area (Å²) in [5.74, 6) is -0.0964. The summed E-state index contributed by atoms with van der Waals surface area (Å²) in [5.41, 5.74) is 2.95. The largest absolute Gasteiger partial charge is 0.359 e. The van der Waals surface area contributed by atoms with Crippen molar-refractivity contribution in [3.63, 3.8) is 0 Å². The number of nitrogens with one attached hydrogen (secondary N) is 1. The standard InChI is InChI=1S/C17H16Cl2N2O/c1-11(21-10-9-12-5-2-3-8-15(12)21)17(22)20-14-7-4-6-13(18)16(14)19/h2-8,11H,9-10H2,1H3,(H,20,22)/t11-/m0/s1. The number of halogens is 2. The van der Waals surface area contributed by atoms with Crippen molar-refractivity contribution in [2.45, 2.75) is 19.4 Å². The molecule has 3 nitrogen and oxygen atoms in total. The lowest BCUT2D eigenvalue weighted by atomic mass is 10.1. The number of amides is 1. The molecule has 2 aromatic rings. The Morgan fingerprint density at radius 1 is 1.18 bits per heavy atom. The van der Waals surface area contributed by atoms with E-state index in [1.165, 1.54) is 5.56 Å². The SMILES string of the molecule is C[C@@H](C(=O)Nc1cccc(Cl)c1Cl)N1CCc2ccccc21. The summed E-state index contributed by atoms with van der Waals surface area (Å²) < 4.78 is 0. The Labute approximate surface area is 139 Å². The lowest BCUT2D eigenvalue weighted by Crippen LogP contribution is -2.41. The fraction of sp³-hybridized carbons (Fsp3) is 0.235. The molecule has 0 aromatic heterocycles. The number of rotatable bonds is 3. The molecule has 0 saturated carbocycles. The highest BCUT2D eigenvalue weighted by Crippen LogP contribution is 2.31. The molecule has 114 valence electrons. The van der Waals surface area contributed by atoms with Crippen LogP contribution in [0.2, 0.25) is 10.0 Å². The second-order valence-electron chi connectivity index (χ2n) is 5.34. The minimum atomic E-state index is -0.279. The van der Waals surface area contributed by atoms with Gasteiger partial charge in [0, 0.05) is 12.2 Å². The van der Waals surface area contributed by atoms with Gasteiger partial charge in [0.15, 0.2) is 0 Å². The molecule has 2 aromatic carbocycles. The van der Waals surface area contributed by atoms with Crippen LogP contribution in [0.1, 0.15) is 12.5 Å². The zero-order chi connectivity index (χ0) is 15.7. The number of anilines is 2. The molecule has 1 aliphatic heterocycles. The number of hydrogen-bond donors (Lipinski definition) is 1. The van der Waals surface area contributed by atoms with Gasteiger partial charge in [0.05, 0.1) is 15.7 Å². The van der Waals surface area contributed by atoms with E-state index in [0.29, 0.717) is 15.7 Å². The molecule has 1 aliphatic rings. The van der Waals surface area contributed by atoms with E-state index < -0.39 is 0 Å². The van der Waals surface area contributed by atoms with Crippen molar-refractivity contribution in [1.29, 1.82) is 0 Å². The van der Waals surface area contributed by atoms with E-state index in [2.05, 4.69) is 22.3 Å². The van der Waals surface area contributed by atoms with E-state index in [4.69, 9.17) is 23.2 Å². The predicted molar refractivity (Wildman–Crippen MR) is 92.0 cm³/mol. The Bertz CT molecular complexity index is 718. The van der Waals surface area contributed by atoms with Gasteiger partial charge in [0.25, 0.3) is 0 Å². The van der Waals surface area contributed by atoms with Crippen molar-refractivity contribution < 1.29 is 4.79 Å². The van der Waals surface area contributed by atoms with Gasteiger partial charge in [0.2, 0.25) is 5.91 Å². The van der Waals surface area contributed by atoms with Gasteiger partial charge in [-0.1, -0.05) is 47.5 Å². The third-order valence-corrected chi connectivity index (χ3v) is 4.80. The Balaban J connectivity index is 1.77. The third-order valence-electron chi connectivity index (χ3n) is 3.98. The van der Waals surface area contributed by atoms with Crippen LogP contribution in [0.5, 0.6) is 0 Å². The Hall–Kier alpha value is -1.71. The van der Waals surface area contributed by atoms with Gasteiger partial charge in [0.1, 0.15) is 6.04 Å². The first-order valence-electron chi connectivity index (χ1n) is 7.17. The number of benzene rings is 2. The van der Waals surface area contributed by atoms with Gasteiger partial charge in [-0.25, -0.2) is 0 Å². The molecular weight excluding hydrogens is 319 g/mol. The molecule has 1 N–H and O–H groups in total. The molecule has 0 radical (unpaired) electrons. The summed E-state index contributed by atoms with van der Waals surface area (Å²) in [4.78, 5) is 14.6. The lowest BCUT2D eigenvalue weighted by Gasteiger charge is -2.26. The van der Waals surface area contributed by atoms with Crippen LogP contribution in [0, 0.1) is 0 Å². The van der Waals surface area contributed by atoms with E-state index in [9.17, 15) is 4.79 Å². The molecule has 22 heavy (non-hydrogen) atoms. The number of nitrogens with zero attached hydrogens (tertiary/aromatic N) is 1. The summed E-state index contributed by atoms with van der Waals surface area (Å²) in [6.45, 7) is 2.74. The molecule has 0 aliphatic carbocycles. The highest BCUT2D eigenvalue weighted by Gasteiger charge is 2.27. The van der Waals surface area contributed by atoms with E-state index in [1.807, 2.05) is 19.1 Å². The zero-order valence-corrected chi connectivity index (χ0v) is 13.7. The van der Waals surface area contributed by atoms with Crippen LogP contribution in [-0.4, -0.2) is 18.5 Å². The number of para-hydroxylation sites is 1. The number of fused-ring (bicyclic) bond motifs is 1. The van der Waals surface area contributed by atoms with E-state index in [-0.39, 0.29) is 11.9 Å². The van der Waals surface area contributed by atoms with Crippen molar-refractivity contribution in [1.82, 2.24) is 0 Å². The molecule has 0 fully saturated rings. The predicted octanol–water partition coefficient (Wildman–Crippen LogP) is 4.38. The molecule has 1 amide bonds. The Morgan fingerprint density at radius 3 is 2.77 bits per heavy atom. The van der Waals surface area contributed by atoms with Gasteiger partial charge in [-0.2, -0.15) is 0 Å². The zero-order valence-electron chi connectivity index (χ0n) is 12.1. The summed E-state index contributed by atoms with van der Waals surface area (Å²) in [5, 5.41) is 3.66. The average molecular weight is 335 g/mol. The molecule has 0 saturated heterocycles. The molecule has 0 bridgehead atoms. The van der Waals surface area contributed by atoms with Crippen LogP contribution in [0.25, 0.3) is 0 Å².